The standard InChI is InChI=1S/C9H11NO3/c1-12-7-3-2-5-6(10)4-13-9(5)8(7)11/h2-3,6,11H,4,10H2,1H3. The van der Waals surface area contributed by atoms with Gasteiger partial charge < -0.3 is 20.3 Å². The van der Waals surface area contributed by atoms with Crippen LogP contribution in [0, 0.1) is 0 Å². The molecule has 0 bridgehead atoms. The number of fused-ring (bicyclic) bond motifs is 1. The summed E-state index contributed by atoms with van der Waals surface area (Å²) < 4.78 is 10.2. The summed E-state index contributed by atoms with van der Waals surface area (Å²) in [6, 6.07) is 3.35. The van der Waals surface area contributed by atoms with Crippen LogP contribution < -0.4 is 15.2 Å². The summed E-state index contributed by atoms with van der Waals surface area (Å²) in [6.07, 6.45) is 0. The molecule has 3 N–H and O–H groups in total. The first kappa shape index (κ1) is 8.19. The van der Waals surface area contributed by atoms with E-state index in [0.717, 1.165) is 5.56 Å². The second-order valence-electron chi connectivity index (χ2n) is 2.95. The molecule has 0 aromatic heterocycles. The smallest absolute Gasteiger partial charge is 0.201 e. The third kappa shape index (κ3) is 1.10. The van der Waals surface area contributed by atoms with Crippen LogP contribution in [-0.4, -0.2) is 18.8 Å². The molecule has 1 aromatic rings. The molecule has 0 radical (unpaired) electrons. The summed E-state index contributed by atoms with van der Waals surface area (Å²) in [7, 11) is 1.50. The van der Waals surface area contributed by atoms with E-state index in [4.69, 9.17) is 15.2 Å². The fourth-order valence-corrected chi connectivity index (χ4v) is 1.44. The lowest BCUT2D eigenvalue weighted by Gasteiger charge is -2.07. The summed E-state index contributed by atoms with van der Waals surface area (Å²) in [4.78, 5) is 0. The molecule has 2 rings (SSSR count). The van der Waals surface area contributed by atoms with Crippen LogP contribution >= 0.6 is 0 Å². The van der Waals surface area contributed by atoms with Gasteiger partial charge in [-0.2, -0.15) is 0 Å². The zero-order valence-electron chi connectivity index (χ0n) is 7.28. The highest BCUT2D eigenvalue weighted by Gasteiger charge is 2.25. The first-order chi connectivity index (χ1) is 6.24. The molecular formula is C9H11NO3. The van der Waals surface area contributed by atoms with Crippen LogP contribution in [-0.2, 0) is 0 Å². The molecule has 0 fully saturated rings. The number of aromatic hydroxyl groups is 1. The molecule has 0 aliphatic carbocycles. The van der Waals surface area contributed by atoms with Gasteiger partial charge in [-0.25, -0.2) is 0 Å². The van der Waals surface area contributed by atoms with E-state index in [1.54, 1.807) is 6.07 Å². The molecule has 13 heavy (non-hydrogen) atoms. The van der Waals surface area contributed by atoms with Crippen molar-refractivity contribution in [3.05, 3.63) is 17.7 Å². The van der Waals surface area contributed by atoms with Gasteiger partial charge >= 0.3 is 0 Å². The van der Waals surface area contributed by atoms with Gasteiger partial charge in [0.2, 0.25) is 5.75 Å². The van der Waals surface area contributed by atoms with Crippen molar-refractivity contribution in [2.75, 3.05) is 13.7 Å². The van der Waals surface area contributed by atoms with Crippen molar-refractivity contribution in [1.82, 2.24) is 0 Å². The maximum absolute atomic E-state index is 9.62. The first-order valence-electron chi connectivity index (χ1n) is 4.02. The van der Waals surface area contributed by atoms with Crippen LogP contribution in [0.1, 0.15) is 11.6 Å². The fourth-order valence-electron chi connectivity index (χ4n) is 1.44. The SMILES string of the molecule is COc1ccc2c(c1O)OCC2N. The minimum Gasteiger partial charge on any atom is -0.502 e. The van der Waals surface area contributed by atoms with Crippen molar-refractivity contribution >= 4 is 0 Å². The van der Waals surface area contributed by atoms with E-state index < -0.39 is 0 Å². The number of hydrogen-bond acceptors (Lipinski definition) is 4. The molecule has 1 atom stereocenters. The highest BCUT2D eigenvalue weighted by molar-refractivity contribution is 5.57. The lowest BCUT2D eigenvalue weighted by atomic mass is 10.1. The van der Waals surface area contributed by atoms with Crippen molar-refractivity contribution in [3.8, 4) is 17.2 Å². The molecule has 70 valence electrons. The zero-order chi connectivity index (χ0) is 9.42. The third-order valence-corrected chi connectivity index (χ3v) is 2.15. The highest BCUT2D eigenvalue weighted by Crippen LogP contribution is 2.44. The second kappa shape index (κ2) is 2.81. The van der Waals surface area contributed by atoms with E-state index in [9.17, 15) is 5.11 Å². The fraction of sp³-hybridized carbons (Fsp3) is 0.333. The lowest BCUT2D eigenvalue weighted by molar-refractivity contribution is 0.307. The van der Waals surface area contributed by atoms with Gasteiger partial charge in [-0.1, -0.05) is 0 Å². The third-order valence-electron chi connectivity index (χ3n) is 2.15. The Bertz CT molecular complexity index is 338. The Morgan fingerprint density at radius 2 is 2.38 bits per heavy atom. The number of nitrogens with two attached hydrogens (primary N) is 1. The Morgan fingerprint density at radius 1 is 1.62 bits per heavy atom. The van der Waals surface area contributed by atoms with E-state index in [2.05, 4.69) is 0 Å². The van der Waals surface area contributed by atoms with E-state index >= 15 is 0 Å². The number of ether oxygens (including phenoxy) is 2. The van der Waals surface area contributed by atoms with Crippen molar-refractivity contribution in [3.63, 3.8) is 0 Å². The first-order valence-corrected chi connectivity index (χ1v) is 4.02. The number of methoxy groups -OCH3 is 1. The second-order valence-corrected chi connectivity index (χ2v) is 2.95. The minimum absolute atomic E-state index is 0.0351. The van der Waals surface area contributed by atoms with Crippen LogP contribution in [0.4, 0.5) is 0 Å². The van der Waals surface area contributed by atoms with E-state index in [-0.39, 0.29) is 11.8 Å². The van der Waals surface area contributed by atoms with Crippen LogP contribution in [0.3, 0.4) is 0 Å². The molecular weight excluding hydrogens is 170 g/mol. The molecule has 1 heterocycles. The summed E-state index contributed by atoms with van der Waals surface area (Å²) in [6.45, 7) is 0.413. The molecule has 4 nitrogen and oxygen atoms in total. The number of phenolic OH excluding ortho intramolecular Hbond substituents is 1. The average Bonchev–Trinajstić information content (AvgIpc) is 2.50. The van der Waals surface area contributed by atoms with Crippen molar-refractivity contribution in [2.45, 2.75) is 6.04 Å². The topological polar surface area (TPSA) is 64.7 Å². The average molecular weight is 181 g/mol. The van der Waals surface area contributed by atoms with E-state index in [0.29, 0.717) is 18.1 Å². The number of benzene rings is 1. The molecule has 4 heteroatoms. The van der Waals surface area contributed by atoms with Crippen molar-refractivity contribution in [2.24, 2.45) is 5.73 Å². The molecule has 1 unspecified atom stereocenters. The number of phenols is 1. The van der Waals surface area contributed by atoms with Crippen LogP contribution in [0.2, 0.25) is 0 Å². The lowest BCUT2D eigenvalue weighted by Crippen LogP contribution is -2.10. The zero-order valence-corrected chi connectivity index (χ0v) is 7.28. The quantitative estimate of drug-likeness (QED) is 0.672. The molecule has 0 amide bonds. The summed E-state index contributed by atoms with van der Waals surface area (Å²) in [5.41, 5.74) is 6.56. The summed E-state index contributed by atoms with van der Waals surface area (Å²) in [5.74, 6) is 0.896. The Balaban J connectivity index is 2.54. The number of rotatable bonds is 1. The monoisotopic (exact) mass is 181 g/mol. The molecule has 0 spiro atoms. The Kier molecular flexibility index (Phi) is 1.77. The predicted molar refractivity (Wildman–Crippen MR) is 47.1 cm³/mol. The van der Waals surface area contributed by atoms with Gasteiger partial charge in [0.25, 0.3) is 0 Å². The summed E-state index contributed by atoms with van der Waals surface area (Å²) >= 11 is 0. The normalized spacial score (nSPS) is 19.4. The van der Waals surface area contributed by atoms with Gasteiger partial charge in [-0.05, 0) is 12.1 Å². The maximum atomic E-state index is 9.62. The molecule has 1 aliphatic rings. The predicted octanol–water partition coefficient (Wildman–Crippen LogP) is 0.793. The van der Waals surface area contributed by atoms with Crippen molar-refractivity contribution < 1.29 is 14.6 Å². The van der Waals surface area contributed by atoms with Gasteiger partial charge in [-0.15, -0.1) is 0 Å². The van der Waals surface area contributed by atoms with Gasteiger partial charge in [0.1, 0.15) is 6.61 Å². The van der Waals surface area contributed by atoms with Gasteiger partial charge in [0, 0.05) is 5.56 Å². The Labute approximate surface area is 75.9 Å². The van der Waals surface area contributed by atoms with Gasteiger partial charge in [0.15, 0.2) is 11.5 Å². The minimum atomic E-state index is -0.146. The van der Waals surface area contributed by atoms with E-state index in [1.165, 1.54) is 7.11 Å². The van der Waals surface area contributed by atoms with Gasteiger partial charge in [0.05, 0.1) is 13.2 Å². The summed E-state index contributed by atoms with van der Waals surface area (Å²) in [5, 5.41) is 9.62. The Hall–Kier alpha value is -1.42. The molecule has 1 aromatic carbocycles. The molecule has 1 aliphatic heterocycles. The van der Waals surface area contributed by atoms with Gasteiger partial charge in [-0.3, -0.25) is 0 Å². The van der Waals surface area contributed by atoms with Crippen LogP contribution in [0.15, 0.2) is 12.1 Å². The number of hydrogen-bond donors (Lipinski definition) is 2. The largest absolute Gasteiger partial charge is 0.502 e. The van der Waals surface area contributed by atoms with Crippen LogP contribution in [0.5, 0.6) is 17.2 Å². The molecule has 0 saturated carbocycles. The Morgan fingerprint density at radius 3 is 3.08 bits per heavy atom. The highest BCUT2D eigenvalue weighted by atomic mass is 16.5. The maximum Gasteiger partial charge on any atom is 0.201 e. The van der Waals surface area contributed by atoms with Crippen LogP contribution in [0.25, 0.3) is 0 Å². The van der Waals surface area contributed by atoms with E-state index in [1.807, 2.05) is 6.07 Å². The van der Waals surface area contributed by atoms with Crippen molar-refractivity contribution in [1.29, 1.82) is 0 Å². The molecule has 0 saturated heterocycles.